The van der Waals surface area contributed by atoms with Crippen LogP contribution in [0.5, 0.6) is 5.88 Å². The Morgan fingerprint density at radius 1 is 1.34 bits per heavy atom. The maximum atomic E-state index is 11.6. The van der Waals surface area contributed by atoms with Crippen molar-refractivity contribution in [2.45, 2.75) is 63.0 Å². The van der Waals surface area contributed by atoms with Crippen LogP contribution >= 0.6 is 11.3 Å². The summed E-state index contributed by atoms with van der Waals surface area (Å²) in [7, 11) is 4.27. The summed E-state index contributed by atoms with van der Waals surface area (Å²) in [6.45, 7) is 0. The van der Waals surface area contributed by atoms with Gasteiger partial charge in [0.05, 0.1) is 11.5 Å². The van der Waals surface area contributed by atoms with E-state index < -0.39 is 11.8 Å². The van der Waals surface area contributed by atoms with E-state index in [4.69, 9.17) is 10.5 Å². The van der Waals surface area contributed by atoms with E-state index in [0.29, 0.717) is 18.3 Å². The third-order valence-electron chi connectivity index (χ3n) is 6.37. The van der Waals surface area contributed by atoms with E-state index in [-0.39, 0.29) is 12.0 Å². The first-order valence-electron chi connectivity index (χ1n) is 10.3. The smallest absolute Gasteiger partial charge is 0.234 e. The standard InChI is InChI=1S/C21H27N5O2S/c1-26(2)14-4-6-15(7-5-14)28-20-18-17-12(9-13(10-22)19(23)27)3-8-16(17)29-21(18)25-11-24-20/h11-15H,3-9H2,1-2H3,(H2,23,27)/t12-,13?,14-,15-/m1/s1. The fourth-order valence-corrected chi connectivity index (χ4v) is 5.95. The van der Waals surface area contributed by atoms with Crippen LogP contribution in [0.4, 0.5) is 0 Å². The first-order chi connectivity index (χ1) is 14.0. The van der Waals surface area contributed by atoms with Crippen LogP contribution in [0.15, 0.2) is 6.33 Å². The summed E-state index contributed by atoms with van der Waals surface area (Å²) in [5.74, 6) is -0.545. The monoisotopic (exact) mass is 413 g/mol. The Balaban J connectivity index is 1.59. The molecule has 2 aromatic heterocycles. The SMILES string of the molecule is CN(C)[C@H]1CC[C@H](Oc2ncnc3sc4c(c23)[C@@H](CC(C#N)C(N)=O)CC4)CC1. The highest BCUT2D eigenvalue weighted by atomic mass is 32.1. The number of ether oxygens (including phenoxy) is 1. The van der Waals surface area contributed by atoms with E-state index in [0.717, 1.165) is 48.7 Å². The lowest BCUT2D eigenvalue weighted by Crippen LogP contribution is -2.35. The van der Waals surface area contributed by atoms with Gasteiger partial charge < -0.3 is 15.4 Å². The van der Waals surface area contributed by atoms with Gasteiger partial charge in [0.15, 0.2) is 0 Å². The molecule has 2 atom stereocenters. The number of hydrogen-bond acceptors (Lipinski definition) is 7. The number of hydrogen-bond donors (Lipinski definition) is 1. The molecule has 8 heteroatoms. The predicted octanol–water partition coefficient (Wildman–Crippen LogP) is 2.99. The summed E-state index contributed by atoms with van der Waals surface area (Å²) in [6.07, 6.45) is 8.33. The molecule has 0 radical (unpaired) electrons. The Hall–Kier alpha value is -2.24. The zero-order chi connectivity index (χ0) is 20.5. The number of aromatic nitrogens is 2. The van der Waals surface area contributed by atoms with Gasteiger partial charge in [-0.2, -0.15) is 5.26 Å². The van der Waals surface area contributed by atoms with Crippen LogP contribution in [0, 0.1) is 17.2 Å². The molecule has 4 rings (SSSR count). The number of primary amides is 1. The van der Waals surface area contributed by atoms with Crippen LogP contribution in [0.2, 0.25) is 0 Å². The lowest BCUT2D eigenvalue weighted by Gasteiger charge is -2.32. The maximum Gasteiger partial charge on any atom is 0.234 e. The predicted molar refractivity (Wildman–Crippen MR) is 112 cm³/mol. The average Bonchev–Trinajstić information content (AvgIpc) is 3.26. The zero-order valence-electron chi connectivity index (χ0n) is 16.9. The van der Waals surface area contributed by atoms with Crippen molar-refractivity contribution in [3.05, 3.63) is 16.8 Å². The number of nitriles is 1. The van der Waals surface area contributed by atoms with Crippen LogP contribution in [0.3, 0.4) is 0 Å². The van der Waals surface area contributed by atoms with Crippen molar-refractivity contribution in [1.29, 1.82) is 5.26 Å². The first kappa shape index (κ1) is 20.0. The van der Waals surface area contributed by atoms with Gasteiger partial charge in [0, 0.05) is 10.9 Å². The summed E-state index contributed by atoms with van der Waals surface area (Å²) in [4.78, 5) is 25.0. The molecule has 1 saturated carbocycles. The Kier molecular flexibility index (Phi) is 5.70. The quantitative estimate of drug-likeness (QED) is 0.780. The third kappa shape index (κ3) is 3.94. The van der Waals surface area contributed by atoms with Crippen LogP contribution in [-0.2, 0) is 11.2 Å². The van der Waals surface area contributed by atoms with Gasteiger partial charge in [-0.05, 0) is 70.5 Å². The summed E-state index contributed by atoms with van der Waals surface area (Å²) >= 11 is 1.68. The van der Waals surface area contributed by atoms with E-state index in [9.17, 15) is 10.1 Å². The molecular formula is C21H27N5O2S. The van der Waals surface area contributed by atoms with Gasteiger partial charge in [0.25, 0.3) is 0 Å². The molecule has 2 aliphatic rings. The van der Waals surface area contributed by atoms with Gasteiger partial charge in [-0.15, -0.1) is 11.3 Å². The molecule has 2 aromatic rings. The fourth-order valence-electron chi connectivity index (χ4n) is 4.72. The summed E-state index contributed by atoms with van der Waals surface area (Å²) in [6, 6.07) is 2.67. The van der Waals surface area contributed by atoms with Crippen LogP contribution in [0.1, 0.15) is 54.9 Å². The molecule has 29 heavy (non-hydrogen) atoms. The number of aryl methyl sites for hydroxylation is 1. The van der Waals surface area contributed by atoms with Crippen molar-refractivity contribution < 1.29 is 9.53 Å². The molecule has 1 amide bonds. The van der Waals surface area contributed by atoms with Gasteiger partial charge in [0.2, 0.25) is 11.8 Å². The molecular weight excluding hydrogens is 386 g/mol. The molecule has 1 fully saturated rings. The summed E-state index contributed by atoms with van der Waals surface area (Å²) in [5, 5.41) is 10.3. The summed E-state index contributed by atoms with van der Waals surface area (Å²) in [5.41, 5.74) is 6.58. The number of nitrogens with zero attached hydrogens (tertiary/aromatic N) is 4. The number of carbonyl (C=O) groups is 1. The number of thiophene rings is 1. The van der Waals surface area contributed by atoms with E-state index in [1.54, 1.807) is 17.7 Å². The Morgan fingerprint density at radius 3 is 2.76 bits per heavy atom. The van der Waals surface area contributed by atoms with Crippen molar-refractivity contribution in [2.24, 2.45) is 11.7 Å². The van der Waals surface area contributed by atoms with Crippen molar-refractivity contribution >= 4 is 27.5 Å². The minimum Gasteiger partial charge on any atom is -0.474 e. The van der Waals surface area contributed by atoms with Crippen molar-refractivity contribution in [1.82, 2.24) is 14.9 Å². The maximum absolute atomic E-state index is 11.6. The summed E-state index contributed by atoms with van der Waals surface area (Å²) < 4.78 is 6.39. The third-order valence-corrected chi connectivity index (χ3v) is 7.54. The lowest BCUT2D eigenvalue weighted by atomic mass is 9.90. The van der Waals surface area contributed by atoms with Crippen LogP contribution in [0.25, 0.3) is 10.2 Å². The number of amides is 1. The van der Waals surface area contributed by atoms with Gasteiger partial charge in [-0.1, -0.05) is 0 Å². The molecule has 0 bridgehead atoms. The Labute approximate surface area is 174 Å². The molecule has 7 nitrogen and oxygen atoms in total. The second-order valence-corrected chi connectivity index (χ2v) is 9.45. The van der Waals surface area contributed by atoms with Gasteiger partial charge >= 0.3 is 0 Å². The number of rotatable bonds is 6. The average molecular weight is 414 g/mol. The molecule has 154 valence electrons. The van der Waals surface area contributed by atoms with E-state index in [1.807, 2.05) is 0 Å². The zero-order valence-corrected chi connectivity index (χ0v) is 17.7. The van der Waals surface area contributed by atoms with E-state index in [1.165, 1.54) is 10.4 Å². The molecule has 0 aromatic carbocycles. The molecule has 2 aliphatic carbocycles. The molecule has 0 aliphatic heterocycles. The number of fused-ring (bicyclic) bond motifs is 3. The minimum atomic E-state index is -0.767. The first-order valence-corrected chi connectivity index (χ1v) is 11.1. The molecule has 2 N–H and O–H groups in total. The molecule has 0 saturated heterocycles. The largest absolute Gasteiger partial charge is 0.474 e. The topological polar surface area (TPSA) is 105 Å². The number of nitrogens with two attached hydrogens (primary N) is 1. The van der Waals surface area contributed by atoms with Crippen molar-refractivity contribution in [3.8, 4) is 11.9 Å². The normalized spacial score (nSPS) is 25.0. The second-order valence-electron chi connectivity index (χ2n) is 8.37. The lowest BCUT2D eigenvalue weighted by molar-refractivity contribution is -0.120. The Bertz CT molecular complexity index is 942. The van der Waals surface area contributed by atoms with Crippen molar-refractivity contribution in [2.75, 3.05) is 14.1 Å². The van der Waals surface area contributed by atoms with Crippen LogP contribution in [-0.4, -0.2) is 47.0 Å². The second kappa shape index (κ2) is 8.25. The molecule has 1 unspecified atom stereocenters. The number of carbonyl (C=O) groups excluding carboxylic acids is 1. The minimum absolute atomic E-state index is 0.119. The molecule has 2 heterocycles. The van der Waals surface area contributed by atoms with Gasteiger partial charge in [-0.25, -0.2) is 9.97 Å². The highest BCUT2D eigenvalue weighted by Gasteiger charge is 2.34. The van der Waals surface area contributed by atoms with Gasteiger partial charge in [-0.3, -0.25) is 4.79 Å². The highest BCUT2D eigenvalue weighted by molar-refractivity contribution is 7.19. The van der Waals surface area contributed by atoms with Crippen LogP contribution < -0.4 is 10.5 Å². The molecule has 0 spiro atoms. The van der Waals surface area contributed by atoms with Gasteiger partial charge in [0.1, 0.15) is 23.2 Å². The van der Waals surface area contributed by atoms with E-state index >= 15 is 0 Å². The Morgan fingerprint density at radius 2 is 2.10 bits per heavy atom. The highest BCUT2D eigenvalue weighted by Crippen LogP contribution is 2.48. The van der Waals surface area contributed by atoms with E-state index in [2.05, 4.69) is 35.0 Å². The fraction of sp³-hybridized carbons (Fsp3) is 0.619. The van der Waals surface area contributed by atoms with Crippen molar-refractivity contribution in [3.63, 3.8) is 0 Å².